The van der Waals surface area contributed by atoms with E-state index < -0.39 is 12.0 Å². The molecular weight excluding hydrogens is 416 g/mol. The molecule has 31 heavy (non-hydrogen) atoms. The van der Waals surface area contributed by atoms with E-state index in [1.54, 1.807) is 6.20 Å². The van der Waals surface area contributed by atoms with Crippen LogP contribution < -0.4 is 5.32 Å². The minimum atomic E-state index is -1.06. The molecule has 1 unspecified atom stereocenters. The number of hydrogen-bond acceptors (Lipinski definition) is 5. The Bertz CT molecular complexity index is 1260. The van der Waals surface area contributed by atoms with E-state index >= 15 is 0 Å². The molecule has 0 amide bonds. The number of halogens is 1. The summed E-state index contributed by atoms with van der Waals surface area (Å²) in [5, 5.41) is 18.7. The van der Waals surface area contributed by atoms with Crippen LogP contribution in [-0.2, 0) is 0 Å². The summed E-state index contributed by atoms with van der Waals surface area (Å²) >= 11 is 6.10. The molecule has 2 N–H and O–H groups in total. The predicted molar refractivity (Wildman–Crippen MR) is 120 cm³/mol. The molecule has 0 radical (unpaired) electrons. The van der Waals surface area contributed by atoms with Gasteiger partial charge in [-0.25, -0.2) is 9.78 Å². The number of anilines is 1. The molecule has 2 aromatic carbocycles. The molecular formula is C23H23ClN4O3. The second kappa shape index (κ2) is 8.07. The number of nitrogens with one attached hydrogen (secondary N) is 1. The smallest absolute Gasteiger partial charge is 0.356 e. The van der Waals surface area contributed by atoms with Gasteiger partial charge in [0.1, 0.15) is 11.9 Å². The third-order valence-electron chi connectivity index (χ3n) is 5.25. The van der Waals surface area contributed by atoms with Gasteiger partial charge in [-0.1, -0.05) is 28.9 Å². The molecule has 4 aromatic rings. The largest absolute Gasteiger partial charge is 0.476 e. The number of nitrogens with zero attached hydrogens (tertiary/aromatic N) is 3. The van der Waals surface area contributed by atoms with Crippen LogP contribution in [0.2, 0.25) is 5.02 Å². The number of imidazole rings is 1. The third kappa shape index (κ3) is 4.01. The van der Waals surface area contributed by atoms with E-state index in [1.807, 2.05) is 68.7 Å². The van der Waals surface area contributed by atoms with Crippen molar-refractivity contribution in [1.29, 1.82) is 0 Å². The Morgan fingerprint density at radius 3 is 2.55 bits per heavy atom. The molecule has 0 bridgehead atoms. The molecule has 2 aromatic heterocycles. The molecule has 0 spiro atoms. The molecule has 7 nitrogen and oxygen atoms in total. The number of carboxylic acids is 1. The van der Waals surface area contributed by atoms with Gasteiger partial charge in [-0.15, -0.1) is 0 Å². The zero-order valence-corrected chi connectivity index (χ0v) is 18.4. The lowest BCUT2D eigenvalue weighted by Crippen LogP contribution is -2.19. The highest BCUT2D eigenvalue weighted by atomic mass is 35.5. The SMILES string of the molecule is Cc1noc2c(C)cc(NC(c3ccc(Cl)cc3)c3nc(C(=O)O)cn3C(C)C)cc12. The zero-order chi connectivity index (χ0) is 22.3. The van der Waals surface area contributed by atoms with Gasteiger partial charge in [0, 0.05) is 28.3 Å². The van der Waals surface area contributed by atoms with Gasteiger partial charge < -0.3 is 19.5 Å². The van der Waals surface area contributed by atoms with E-state index in [-0.39, 0.29) is 11.7 Å². The van der Waals surface area contributed by atoms with E-state index in [2.05, 4.69) is 15.5 Å². The average Bonchev–Trinajstić information content (AvgIpc) is 3.32. The zero-order valence-electron chi connectivity index (χ0n) is 17.7. The number of aromatic carboxylic acids is 1. The maximum absolute atomic E-state index is 11.6. The van der Waals surface area contributed by atoms with Crippen molar-refractivity contribution in [2.45, 2.75) is 39.8 Å². The van der Waals surface area contributed by atoms with Crippen molar-refractivity contribution in [2.75, 3.05) is 5.32 Å². The topological polar surface area (TPSA) is 93.2 Å². The quantitative estimate of drug-likeness (QED) is 0.396. The van der Waals surface area contributed by atoms with Gasteiger partial charge in [0.25, 0.3) is 0 Å². The van der Waals surface area contributed by atoms with E-state index in [9.17, 15) is 9.90 Å². The van der Waals surface area contributed by atoms with E-state index in [4.69, 9.17) is 16.1 Å². The molecule has 8 heteroatoms. The number of benzene rings is 2. The van der Waals surface area contributed by atoms with Crippen molar-refractivity contribution in [1.82, 2.24) is 14.7 Å². The summed E-state index contributed by atoms with van der Waals surface area (Å²) in [5.74, 6) is -0.456. The summed E-state index contributed by atoms with van der Waals surface area (Å²) in [6.07, 6.45) is 1.57. The molecule has 1 atom stereocenters. The first-order valence-corrected chi connectivity index (χ1v) is 10.3. The Hall–Kier alpha value is -3.32. The van der Waals surface area contributed by atoms with Crippen molar-refractivity contribution in [3.63, 3.8) is 0 Å². The summed E-state index contributed by atoms with van der Waals surface area (Å²) in [4.78, 5) is 16.1. The van der Waals surface area contributed by atoms with Crippen molar-refractivity contribution < 1.29 is 14.4 Å². The van der Waals surface area contributed by atoms with E-state index in [1.165, 1.54) is 0 Å². The molecule has 0 aliphatic rings. The first kappa shape index (κ1) is 20.9. The second-order valence-corrected chi connectivity index (χ2v) is 8.29. The van der Waals surface area contributed by atoms with E-state index in [0.29, 0.717) is 10.8 Å². The van der Waals surface area contributed by atoms with Gasteiger partial charge in [-0.2, -0.15) is 0 Å². The minimum Gasteiger partial charge on any atom is -0.476 e. The van der Waals surface area contributed by atoms with Crippen molar-refractivity contribution in [2.24, 2.45) is 0 Å². The van der Waals surface area contributed by atoms with Gasteiger partial charge in [-0.3, -0.25) is 0 Å². The number of aryl methyl sites for hydroxylation is 2. The maximum atomic E-state index is 11.6. The second-order valence-electron chi connectivity index (χ2n) is 7.86. The fraction of sp³-hybridized carbons (Fsp3) is 0.261. The lowest BCUT2D eigenvalue weighted by Gasteiger charge is -2.23. The predicted octanol–water partition coefficient (Wildman–Crippen LogP) is 5.78. The van der Waals surface area contributed by atoms with Crippen LogP contribution in [0, 0.1) is 13.8 Å². The molecule has 4 rings (SSSR count). The Balaban J connectivity index is 1.86. The third-order valence-corrected chi connectivity index (χ3v) is 5.50. The van der Waals surface area contributed by atoms with Crippen LogP contribution >= 0.6 is 11.6 Å². The van der Waals surface area contributed by atoms with Crippen LogP contribution in [0.1, 0.15) is 59.1 Å². The van der Waals surface area contributed by atoms with Crippen molar-refractivity contribution in [3.05, 3.63) is 76.0 Å². The van der Waals surface area contributed by atoms with Gasteiger partial charge >= 0.3 is 5.97 Å². The summed E-state index contributed by atoms with van der Waals surface area (Å²) < 4.78 is 7.31. The summed E-state index contributed by atoms with van der Waals surface area (Å²) in [5.41, 5.74) is 4.28. The van der Waals surface area contributed by atoms with Crippen LogP contribution in [0.15, 0.2) is 47.1 Å². The molecule has 0 saturated carbocycles. The number of carbonyl (C=O) groups is 1. The summed E-state index contributed by atoms with van der Waals surface area (Å²) in [6.45, 7) is 7.85. The monoisotopic (exact) mass is 438 g/mol. The first-order chi connectivity index (χ1) is 14.7. The first-order valence-electron chi connectivity index (χ1n) is 9.95. The Labute approximate surface area is 184 Å². The molecule has 0 fully saturated rings. The van der Waals surface area contributed by atoms with Gasteiger partial charge in [-0.05, 0) is 63.1 Å². The standard InChI is InChI=1S/C23H23ClN4O3/c1-12(2)28-11-19(23(29)30)26-22(28)20(15-5-7-16(24)8-6-15)25-17-9-13(3)21-18(10-17)14(4)27-31-21/h5-12,20,25H,1-4H3,(H,29,30). The van der Waals surface area contributed by atoms with Crippen molar-refractivity contribution >= 4 is 34.2 Å². The number of hydrogen-bond donors (Lipinski definition) is 2. The Morgan fingerprint density at radius 2 is 1.90 bits per heavy atom. The fourth-order valence-corrected chi connectivity index (χ4v) is 3.79. The average molecular weight is 439 g/mol. The molecule has 0 aliphatic heterocycles. The lowest BCUT2D eigenvalue weighted by atomic mass is 10.0. The van der Waals surface area contributed by atoms with Crippen LogP contribution in [0.5, 0.6) is 0 Å². The van der Waals surface area contributed by atoms with Gasteiger partial charge in [0.15, 0.2) is 11.3 Å². The van der Waals surface area contributed by atoms with Gasteiger partial charge in [0.05, 0.1) is 5.69 Å². The fourth-order valence-electron chi connectivity index (χ4n) is 3.67. The lowest BCUT2D eigenvalue weighted by molar-refractivity contribution is 0.0690. The van der Waals surface area contributed by atoms with E-state index in [0.717, 1.165) is 33.5 Å². The normalized spacial score (nSPS) is 12.5. The number of fused-ring (bicyclic) bond motifs is 1. The number of rotatable bonds is 6. The molecule has 0 saturated heterocycles. The minimum absolute atomic E-state index is 0.00553. The van der Waals surface area contributed by atoms with Crippen LogP contribution in [-0.4, -0.2) is 25.8 Å². The van der Waals surface area contributed by atoms with Crippen molar-refractivity contribution in [3.8, 4) is 0 Å². The van der Waals surface area contributed by atoms with Crippen LogP contribution in [0.25, 0.3) is 11.0 Å². The Kier molecular flexibility index (Phi) is 5.45. The highest BCUT2D eigenvalue weighted by Gasteiger charge is 2.25. The molecule has 0 aliphatic carbocycles. The summed E-state index contributed by atoms with van der Waals surface area (Å²) in [6, 6.07) is 11.0. The number of aromatic nitrogens is 3. The highest BCUT2D eigenvalue weighted by molar-refractivity contribution is 6.30. The highest BCUT2D eigenvalue weighted by Crippen LogP contribution is 2.32. The van der Waals surface area contributed by atoms with Gasteiger partial charge in [0.2, 0.25) is 0 Å². The van der Waals surface area contributed by atoms with Crippen LogP contribution in [0.4, 0.5) is 5.69 Å². The number of carboxylic acid groups (broad SMARTS) is 1. The molecule has 2 heterocycles. The Morgan fingerprint density at radius 1 is 1.19 bits per heavy atom. The molecule has 160 valence electrons. The summed E-state index contributed by atoms with van der Waals surface area (Å²) in [7, 11) is 0. The maximum Gasteiger partial charge on any atom is 0.356 e. The van der Waals surface area contributed by atoms with Crippen LogP contribution in [0.3, 0.4) is 0 Å².